The number of benzene rings is 1. The Morgan fingerprint density at radius 3 is 2.76 bits per heavy atom. The third kappa shape index (κ3) is 4.34. The van der Waals surface area contributed by atoms with Crippen LogP contribution in [-0.2, 0) is 19.4 Å². The number of hydrogen-bond acceptors (Lipinski definition) is 4. The Morgan fingerprint density at radius 1 is 1.28 bits per heavy atom. The van der Waals surface area contributed by atoms with Gasteiger partial charge in [-0.2, -0.15) is 5.10 Å². The molecule has 8 heteroatoms. The Kier molecular flexibility index (Phi) is 5.94. The molecule has 1 atom stereocenters. The Bertz CT molecular complexity index is 1040. The number of Topliss-reactive ketones (excluding diaryl/α,β-unsaturated/α-hetero) is 1. The maximum absolute atomic E-state index is 13.5. The fourth-order valence-corrected chi connectivity index (χ4v) is 5.47. The number of aromatic nitrogens is 2. The number of ketones is 1. The Hall–Kier alpha value is -1.90. The molecule has 0 spiro atoms. The van der Waals surface area contributed by atoms with Crippen molar-refractivity contribution in [1.82, 2.24) is 9.78 Å². The molecule has 0 amide bonds. The van der Waals surface area contributed by atoms with Gasteiger partial charge in [-0.1, -0.05) is 0 Å². The van der Waals surface area contributed by atoms with Gasteiger partial charge in [0.15, 0.2) is 5.78 Å². The predicted octanol–water partition coefficient (Wildman–Crippen LogP) is 4.99. The lowest BCUT2D eigenvalue weighted by atomic mass is 9.93. The number of hydrogen-bond donors (Lipinski definition) is 1. The van der Waals surface area contributed by atoms with E-state index < -0.39 is 11.6 Å². The molecule has 3 aromatic rings. The second kappa shape index (κ2) is 8.45. The molecule has 3 heterocycles. The van der Waals surface area contributed by atoms with Crippen LogP contribution < -0.4 is 5.73 Å². The van der Waals surface area contributed by atoms with E-state index in [2.05, 4.69) is 21.0 Å². The molecule has 0 bridgehead atoms. The third-order valence-electron chi connectivity index (χ3n) is 5.16. The van der Waals surface area contributed by atoms with Crippen molar-refractivity contribution >= 4 is 33.0 Å². The lowest BCUT2D eigenvalue weighted by molar-refractivity contribution is 0.0966. The number of fused-ring (bicyclic) bond motifs is 3. The maximum Gasteiger partial charge on any atom is 0.173 e. The zero-order chi connectivity index (χ0) is 20.5. The number of carbonyl (C=O) groups is 1. The molecule has 152 valence electrons. The largest absolute Gasteiger partial charge is 0.330 e. The van der Waals surface area contributed by atoms with Crippen molar-refractivity contribution in [3.05, 3.63) is 61.9 Å². The number of carbonyl (C=O) groups excluding carboxylic acids is 1. The fraction of sp³-hybridized carbons (Fsp3) is 0.333. The van der Waals surface area contributed by atoms with Gasteiger partial charge in [-0.3, -0.25) is 9.48 Å². The highest BCUT2D eigenvalue weighted by Gasteiger charge is 2.24. The van der Waals surface area contributed by atoms with Crippen molar-refractivity contribution in [2.45, 2.75) is 32.2 Å². The van der Waals surface area contributed by atoms with Crippen molar-refractivity contribution in [2.24, 2.45) is 11.7 Å². The minimum Gasteiger partial charge on any atom is -0.330 e. The number of halogens is 3. The van der Waals surface area contributed by atoms with Crippen LogP contribution in [0.1, 0.15) is 33.0 Å². The van der Waals surface area contributed by atoms with Crippen LogP contribution in [0, 0.1) is 17.6 Å². The Balaban J connectivity index is 1.54. The summed E-state index contributed by atoms with van der Waals surface area (Å²) in [5.41, 5.74) is 8.44. The summed E-state index contributed by atoms with van der Waals surface area (Å²) in [5.74, 6) is -1.40. The molecule has 4 rings (SSSR count). The molecule has 0 saturated heterocycles. The summed E-state index contributed by atoms with van der Waals surface area (Å²) >= 11 is 5.09. The van der Waals surface area contributed by atoms with E-state index in [1.165, 1.54) is 28.3 Å². The first-order valence-corrected chi connectivity index (χ1v) is 11.1. The summed E-state index contributed by atoms with van der Waals surface area (Å²) < 4.78 is 29.8. The van der Waals surface area contributed by atoms with Crippen LogP contribution in [0.15, 0.2) is 34.9 Å². The summed E-state index contributed by atoms with van der Waals surface area (Å²) in [4.78, 5) is 14.8. The summed E-state index contributed by atoms with van der Waals surface area (Å²) in [5, 5.41) is 4.40. The smallest absolute Gasteiger partial charge is 0.173 e. The second-order valence-corrected chi connectivity index (χ2v) is 9.32. The summed E-state index contributed by atoms with van der Waals surface area (Å²) in [6, 6.07) is 5.37. The van der Waals surface area contributed by atoms with Gasteiger partial charge in [0.1, 0.15) is 11.6 Å². The number of nitrogens with zero attached hydrogens (tertiary/aromatic N) is 2. The first-order valence-electron chi connectivity index (χ1n) is 9.47. The second-order valence-electron chi connectivity index (χ2n) is 7.33. The summed E-state index contributed by atoms with van der Waals surface area (Å²) in [6.45, 7) is 1.12. The SMILES string of the molecule is NC[C@@H](CC(=O)c1cc2c(s1)CCCn1ncc(Br)c1-2)Cc1cc(F)cc(F)c1. The van der Waals surface area contributed by atoms with Crippen LogP contribution in [-0.4, -0.2) is 22.1 Å². The molecule has 0 aliphatic carbocycles. The van der Waals surface area contributed by atoms with Crippen molar-refractivity contribution in [1.29, 1.82) is 0 Å². The molecular weight excluding hydrogens is 460 g/mol. The van der Waals surface area contributed by atoms with Crippen molar-refractivity contribution in [3.63, 3.8) is 0 Å². The van der Waals surface area contributed by atoms with Crippen LogP contribution in [0.25, 0.3) is 11.3 Å². The first-order chi connectivity index (χ1) is 13.9. The molecular formula is C21H20BrF2N3OS. The van der Waals surface area contributed by atoms with E-state index in [0.717, 1.165) is 41.2 Å². The van der Waals surface area contributed by atoms with E-state index >= 15 is 0 Å². The summed E-state index contributed by atoms with van der Waals surface area (Å²) in [7, 11) is 0. The van der Waals surface area contributed by atoms with Gasteiger partial charge in [-0.15, -0.1) is 11.3 Å². The van der Waals surface area contributed by atoms with Crippen molar-refractivity contribution in [2.75, 3.05) is 6.54 Å². The van der Waals surface area contributed by atoms with Gasteiger partial charge in [0.2, 0.25) is 0 Å². The third-order valence-corrected chi connectivity index (χ3v) is 6.98. The van der Waals surface area contributed by atoms with Gasteiger partial charge in [-0.25, -0.2) is 8.78 Å². The molecule has 29 heavy (non-hydrogen) atoms. The van der Waals surface area contributed by atoms with E-state index in [1.807, 2.05) is 10.7 Å². The molecule has 4 nitrogen and oxygen atoms in total. The number of nitrogens with two attached hydrogens (primary N) is 1. The van der Waals surface area contributed by atoms with Gasteiger partial charge in [-0.05, 0) is 71.4 Å². The molecule has 0 unspecified atom stereocenters. The molecule has 0 radical (unpaired) electrons. The lowest BCUT2D eigenvalue weighted by Gasteiger charge is -2.14. The maximum atomic E-state index is 13.5. The normalized spacial score (nSPS) is 14.2. The van der Waals surface area contributed by atoms with E-state index in [9.17, 15) is 13.6 Å². The zero-order valence-electron chi connectivity index (χ0n) is 15.6. The van der Waals surface area contributed by atoms with E-state index in [-0.39, 0.29) is 24.7 Å². The molecule has 2 aromatic heterocycles. The number of aryl methyl sites for hydroxylation is 2. The minimum absolute atomic E-state index is 0.0117. The monoisotopic (exact) mass is 479 g/mol. The number of thiophene rings is 1. The van der Waals surface area contributed by atoms with Gasteiger partial charge in [0, 0.05) is 29.5 Å². The molecule has 0 fully saturated rings. The van der Waals surface area contributed by atoms with Crippen LogP contribution in [0.4, 0.5) is 8.78 Å². The topological polar surface area (TPSA) is 60.9 Å². The molecule has 0 saturated carbocycles. The van der Waals surface area contributed by atoms with E-state index in [4.69, 9.17) is 5.73 Å². The first kappa shape index (κ1) is 20.4. The van der Waals surface area contributed by atoms with Crippen molar-refractivity contribution < 1.29 is 13.6 Å². The van der Waals surface area contributed by atoms with Crippen LogP contribution in [0.5, 0.6) is 0 Å². The van der Waals surface area contributed by atoms with Crippen LogP contribution >= 0.6 is 27.3 Å². The quantitative estimate of drug-likeness (QED) is 0.506. The predicted molar refractivity (Wildman–Crippen MR) is 113 cm³/mol. The minimum atomic E-state index is -0.619. The number of rotatable bonds is 6. The highest BCUT2D eigenvalue weighted by Crippen LogP contribution is 2.39. The van der Waals surface area contributed by atoms with Gasteiger partial charge in [0.05, 0.1) is 21.2 Å². The fourth-order valence-electron chi connectivity index (χ4n) is 3.81. The van der Waals surface area contributed by atoms with E-state index in [0.29, 0.717) is 16.9 Å². The lowest BCUT2D eigenvalue weighted by Crippen LogP contribution is -2.20. The molecule has 1 aliphatic rings. The molecule has 2 N–H and O–H groups in total. The standard InChI is InChI=1S/C21H20BrF2N3OS/c22-17-11-26-27-3-1-2-19-16(21(17)27)9-20(29-19)18(28)7-13(10-25)4-12-5-14(23)8-15(24)6-12/h5-6,8-9,11,13H,1-4,7,10,25H2/t13-/m1/s1. The van der Waals surface area contributed by atoms with Crippen LogP contribution in [0.3, 0.4) is 0 Å². The molecule has 1 aromatic carbocycles. The Morgan fingerprint density at radius 2 is 2.03 bits per heavy atom. The highest BCUT2D eigenvalue weighted by molar-refractivity contribution is 9.10. The average Bonchev–Trinajstić information content (AvgIpc) is 3.19. The van der Waals surface area contributed by atoms with Crippen LogP contribution in [0.2, 0.25) is 0 Å². The zero-order valence-corrected chi connectivity index (χ0v) is 18.0. The highest BCUT2D eigenvalue weighted by atomic mass is 79.9. The summed E-state index contributed by atoms with van der Waals surface area (Å²) in [6.07, 6.45) is 4.27. The van der Waals surface area contributed by atoms with Gasteiger partial charge in [0.25, 0.3) is 0 Å². The van der Waals surface area contributed by atoms with E-state index in [1.54, 1.807) is 6.20 Å². The van der Waals surface area contributed by atoms with Crippen molar-refractivity contribution in [3.8, 4) is 11.3 Å². The molecule has 1 aliphatic heterocycles. The van der Waals surface area contributed by atoms with Gasteiger partial charge < -0.3 is 5.73 Å². The van der Waals surface area contributed by atoms with Gasteiger partial charge >= 0.3 is 0 Å². The average molecular weight is 480 g/mol. The Labute approximate surface area is 179 Å².